The number of urea groups is 1. The fourth-order valence-corrected chi connectivity index (χ4v) is 7.64. The van der Waals surface area contributed by atoms with Gasteiger partial charge in [-0.2, -0.15) is 23.3 Å². The lowest BCUT2D eigenvalue weighted by molar-refractivity contribution is -0.142. The van der Waals surface area contributed by atoms with Crippen LogP contribution in [0.2, 0.25) is 0 Å². The third-order valence-corrected chi connectivity index (χ3v) is 10.3. The van der Waals surface area contributed by atoms with E-state index in [0.717, 1.165) is 69.6 Å². The first-order valence-electron chi connectivity index (χ1n) is 16.4. The quantitative estimate of drug-likeness (QED) is 0.412. The number of rotatable bonds is 5. The molecule has 3 fully saturated rings. The molecular formula is C34H40F3N5O3. The monoisotopic (exact) mass is 623 g/mol. The lowest BCUT2D eigenvalue weighted by atomic mass is 9.77. The van der Waals surface area contributed by atoms with Gasteiger partial charge in [0.25, 0.3) is 0 Å². The molecule has 3 aliphatic carbocycles. The Morgan fingerprint density at radius 2 is 1.82 bits per heavy atom. The summed E-state index contributed by atoms with van der Waals surface area (Å²) in [6.07, 6.45) is 9.41. The van der Waals surface area contributed by atoms with Crippen molar-refractivity contribution in [3.8, 4) is 0 Å². The van der Waals surface area contributed by atoms with Crippen LogP contribution in [0.25, 0.3) is 0 Å². The van der Waals surface area contributed by atoms with Crippen LogP contribution in [0.3, 0.4) is 0 Å². The van der Waals surface area contributed by atoms with Gasteiger partial charge in [-0.05, 0) is 92.9 Å². The number of hydrogen-bond donors (Lipinski definition) is 1. The van der Waals surface area contributed by atoms with E-state index in [1.165, 1.54) is 20.9 Å². The van der Waals surface area contributed by atoms with Gasteiger partial charge in [0.05, 0.1) is 12.6 Å². The average molecular weight is 624 g/mol. The van der Waals surface area contributed by atoms with Crippen molar-refractivity contribution in [2.75, 3.05) is 19.6 Å². The second-order valence-corrected chi connectivity index (χ2v) is 13.3. The van der Waals surface area contributed by atoms with Gasteiger partial charge in [0.2, 0.25) is 5.91 Å². The lowest BCUT2D eigenvalue weighted by Gasteiger charge is -2.37. The van der Waals surface area contributed by atoms with E-state index in [-0.39, 0.29) is 48.2 Å². The number of nitrogens with zero attached hydrogens (tertiary/aromatic N) is 4. The zero-order valence-corrected chi connectivity index (χ0v) is 25.3. The third kappa shape index (κ3) is 6.49. The number of carbonyl (C=O) groups excluding carboxylic acids is 2. The Kier molecular flexibility index (Phi) is 8.12. The predicted molar refractivity (Wildman–Crippen MR) is 160 cm³/mol. The van der Waals surface area contributed by atoms with Crippen molar-refractivity contribution in [3.63, 3.8) is 0 Å². The Morgan fingerprint density at radius 1 is 1.02 bits per heavy atom. The molecule has 45 heavy (non-hydrogen) atoms. The number of likely N-dealkylation sites (tertiary alicyclic amines) is 1. The molecule has 2 saturated heterocycles. The third-order valence-electron chi connectivity index (χ3n) is 10.3. The van der Waals surface area contributed by atoms with E-state index in [9.17, 15) is 22.8 Å². The summed E-state index contributed by atoms with van der Waals surface area (Å²) >= 11 is 0. The fraction of sp³-hybridized carbons (Fsp3) is 0.559. The van der Waals surface area contributed by atoms with Crippen LogP contribution in [0, 0.1) is 17.8 Å². The van der Waals surface area contributed by atoms with E-state index in [4.69, 9.17) is 4.84 Å². The maximum atomic E-state index is 13.7. The van der Waals surface area contributed by atoms with Gasteiger partial charge in [0, 0.05) is 30.6 Å². The Bertz CT molecular complexity index is 1490. The highest BCUT2D eigenvalue weighted by molar-refractivity contribution is 5.76. The van der Waals surface area contributed by atoms with E-state index >= 15 is 0 Å². The largest absolute Gasteiger partial charge is 0.435 e. The molecule has 1 aromatic carbocycles. The van der Waals surface area contributed by atoms with E-state index < -0.39 is 11.9 Å². The summed E-state index contributed by atoms with van der Waals surface area (Å²) in [6, 6.07) is 9.11. The van der Waals surface area contributed by atoms with Crippen LogP contribution in [-0.4, -0.2) is 51.3 Å². The molecule has 3 atom stereocenters. The van der Waals surface area contributed by atoms with Crippen molar-refractivity contribution in [1.82, 2.24) is 25.1 Å². The van der Waals surface area contributed by atoms with E-state index in [0.29, 0.717) is 25.3 Å². The molecule has 3 unspecified atom stereocenters. The van der Waals surface area contributed by atoms with Crippen molar-refractivity contribution < 1.29 is 27.6 Å². The Morgan fingerprint density at radius 3 is 2.60 bits per heavy atom. The number of hydroxylamine groups is 2. The minimum absolute atomic E-state index is 0.0474. The molecule has 1 saturated carbocycles. The van der Waals surface area contributed by atoms with Crippen LogP contribution in [0.4, 0.5) is 18.0 Å². The summed E-state index contributed by atoms with van der Waals surface area (Å²) in [5.41, 5.74) is 2.03. The summed E-state index contributed by atoms with van der Waals surface area (Å²) in [6.45, 7) is 1.35. The summed E-state index contributed by atoms with van der Waals surface area (Å²) in [5, 5.41) is 8.53. The molecule has 1 N–H and O–H groups in total. The van der Waals surface area contributed by atoms with Gasteiger partial charge >= 0.3 is 12.2 Å². The van der Waals surface area contributed by atoms with Crippen LogP contribution in [0.5, 0.6) is 0 Å². The second-order valence-electron chi connectivity index (χ2n) is 13.3. The van der Waals surface area contributed by atoms with Gasteiger partial charge in [-0.15, -0.1) is 0 Å². The SMILES string of the molecule is O=C(Cn1nc(C(F)(F)F)cc1C1CC1)N1CCC(C2CC3CC=CC=C3ON(C(=O)NC3CCCc4ccccc43)C2)CC1. The number of aromatic nitrogens is 2. The summed E-state index contributed by atoms with van der Waals surface area (Å²) in [5.74, 6) is 1.33. The summed E-state index contributed by atoms with van der Waals surface area (Å²) in [7, 11) is 0. The van der Waals surface area contributed by atoms with Gasteiger partial charge in [-0.3, -0.25) is 9.48 Å². The molecule has 5 aliphatic rings. The molecular weight excluding hydrogens is 583 g/mol. The number of piperidine rings is 1. The molecule has 8 nitrogen and oxygen atoms in total. The van der Waals surface area contributed by atoms with Crippen LogP contribution < -0.4 is 5.32 Å². The van der Waals surface area contributed by atoms with Crippen molar-refractivity contribution in [2.45, 2.75) is 82.5 Å². The summed E-state index contributed by atoms with van der Waals surface area (Å²) in [4.78, 5) is 35.0. The molecule has 3 heterocycles. The van der Waals surface area contributed by atoms with Crippen molar-refractivity contribution >= 4 is 11.9 Å². The number of fused-ring (bicyclic) bond motifs is 2. The van der Waals surface area contributed by atoms with Gasteiger partial charge in [0.15, 0.2) is 5.69 Å². The standard InChI is InChI=1S/C34H40F3N5O3/c35-34(36,37)31-19-29(24-12-13-24)41(39-31)21-32(43)40-16-14-22(15-17-40)26-18-25-7-2-4-11-30(25)45-42(20-26)33(44)38-28-10-5-8-23-6-1-3-9-27(23)28/h1-4,6,9,11,19,22,24-26,28H,5,7-8,10,12-18,20-21H2,(H,38,44). The number of halogens is 3. The Hall–Kier alpha value is -3.76. The molecule has 0 bridgehead atoms. The predicted octanol–water partition coefficient (Wildman–Crippen LogP) is 6.52. The molecule has 7 rings (SSSR count). The molecule has 240 valence electrons. The Balaban J connectivity index is 1.01. The fourth-order valence-electron chi connectivity index (χ4n) is 7.64. The van der Waals surface area contributed by atoms with E-state index in [2.05, 4.69) is 28.6 Å². The van der Waals surface area contributed by atoms with Crippen LogP contribution in [-0.2, 0) is 28.8 Å². The number of carbonyl (C=O) groups is 2. The van der Waals surface area contributed by atoms with Crippen LogP contribution in [0.15, 0.2) is 54.3 Å². The van der Waals surface area contributed by atoms with E-state index in [1.54, 1.807) is 4.90 Å². The van der Waals surface area contributed by atoms with Gasteiger partial charge in [-0.1, -0.05) is 36.4 Å². The number of hydrogen-bond acceptors (Lipinski definition) is 4. The zero-order valence-electron chi connectivity index (χ0n) is 25.3. The number of amides is 3. The molecule has 11 heteroatoms. The average Bonchev–Trinajstić information content (AvgIpc) is 3.82. The van der Waals surface area contributed by atoms with Gasteiger partial charge < -0.3 is 15.1 Å². The molecule has 2 aliphatic heterocycles. The Labute approximate surface area is 261 Å². The number of aryl methyl sites for hydroxylation is 1. The molecule has 2 aromatic rings. The normalized spacial score (nSPS) is 25.5. The molecule has 3 amide bonds. The first kappa shape index (κ1) is 29.9. The number of nitrogens with one attached hydrogen (secondary N) is 1. The number of benzene rings is 1. The first-order chi connectivity index (χ1) is 21.7. The molecule has 0 radical (unpaired) electrons. The highest BCUT2D eigenvalue weighted by atomic mass is 19.4. The lowest BCUT2D eigenvalue weighted by Crippen LogP contribution is -2.46. The van der Waals surface area contributed by atoms with Crippen molar-refractivity contribution in [1.29, 1.82) is 0 Å². The number of alkyl halides is 3. The van der Waals surface area contributed by atoms with E-state index in [1.807, 2.05) is 24.3 Å². The highest BCUT2D eigenvalue weighted by Gasteiger charge is 2.40. The smallest absolute Gasteiger partial charge is 0.380 e. The summed E-state index contributed by atoms with van der Waals surface area (Å²) < 4.78 is 41.3. The maximum Gasteiger partial charge on any atom is 0.435 e. The highest BCUT2D eigenvalue weighted by Crippen LogP contribution is 2.43. The maximum absolute atomic E-state index is 13.7. The molecule has 0 spiro atoms. The topological polar surface area (TPSA) is 79.7 Å². The second kappa shape index (κ2) is 12.2. The van der Waals surface area contributed by atoms with Gasteiger partial charge in [0.1, 0.15) is 12.3 Å². The molecule has 1 aromatic heterocycles. The van der Waals surface area contributed by atoms with Crippen molar-refractivity contribution in [2.24, 2.45) is 17.8 Å². The minimum atomic E-state index is -4.53. The minimum Gasteiger partial charge on any atom is -0.380 e. The van der Waals surface area contributed by atoms with Gasteiger partial charge in [-0.25, -0.2) is 4.79 Å². The van der Waals surface area contributed by atoms with Crippen LogP contribution >= 0.6 is 0 Å². The van der Waals surface area contributed by atoms with Crippen molar-refractivity contribution in [3.05, 3.63) is 76.8 Å². The zero-order chi connectivity index (χ0) is 31.1. The first-order valence-corrected chi connectivity index (χ1v) is 16.4. The van der Waals surface area contributed by atoms with Crippen LogP contribution in [0.1, 0.15) is 85.8 Å². The number of allylic oxidation sites excluding steroid dienone is 4.